The lowest BCUT2D eigenvalue weighted by molar-refractivity contribution is 1.50. The number of hydrogen-bond acceptors (Lipinski definition) is 0. The lowest BCUT2D eigenvalue weighted by Crippen LogP contribution is -0.856. The zero-order chi connectivity index (χ0) is 4.12. The van der Waals surface area contributed by atoms with E-state index in [4.69, 9.17) is 0 Å². The first kappa shape index (κ1) is 9.22. The van der Waals surface area contributed by atoms with Crippen LogP contribution in [0.15, 0.2) is 13.2 Å². The minimum absolute atomic E-state index is 0. The molecule has 0 aromatic rings. The van der Waals surface area contributed by atoms with E-state index in [9.17, 15) is 0 Å². The third kappa shape index (κ3) is 51.3. The monoisotopic (exact) mass is 86.1 g/mol. The summed E-state index contributed by atoms with van der Waals surface area (Å²) >= 11 is 0. The van der Waals surface area contributed by atoms with Crippen molar-refractivity contribution >= 4 is 0 Å². The predicted octanol–water partition coefficient (Wildman–Crippen LogP) is 2.61. The second kappa shape index (κ2) is 8.83. The van der Waals surface area contributed by atoms with Gasteiger partial charge in [-0.25, -0.2) is 0 Å². The second-order valence-electron chi connectivity index (χ2n) is 1.06. The Morgan fingerprint density at radius 2 is 1.00 bits per heavy atom. The molecule has 1 aliphatic carbocycles. The van der Waals surface area contributed by atoms with Crippen molar-refractivity contribution in [3.05, 3.63) is 13.2 Å². The van der Waals surface area contributed by atoms with Gasteiger partial charge in [-0.05, 0) is 0 Å². The van der Waals surface area contributed by atoms with Crippen molar-refractivity contribution < 1.29 is 0 Å². The summed E-state index contributed by atoms with van der Waals surface area (Å²) in [4.78, 5) is 0. The molecule has 0 aromatic carbocycles. The molecule has 38 valence electrons. The summed E-state index contributed by atoms with van der Waals surface area (Å²) < 4.78 is 0. The van der Waals surface area contributed by atoms with Crippen molar-refractivity contribution in [2.75, 3.05) is 0 Å². The summed E-state index contributed by atoms with van der Waals surface area (Å²) in [6, 6.07) is 0. The highest BCUT2D eigenvalue weighted by molar-refractivity contribution is 4.50. The van der Waals surface area contributed by atoms with Gasteiger partial charge in [0.15, 0.2) is 0 Å². The van der Waals surface area contributed by atoms with Crippen LogP contribution in [-0.4, -0.2) is 0 Å². The van der Waals surface area contributed by atoms with Gasteiger partial charge in [0.25, 0.3) is 0 Å². The molecule has 0 heterocycles. The van der Waals surface area contributed by atoms with E-state index in [1.807, 2.05) is 0 Å². The molecule has 1 rings (SSSR count). The first-order valence-electron chi connectivity index (χ1n) is 2.00. The topological polar surface area (TPSA) is 0 Å². The lowest BCUT2D eigenvalue weighted by Gasteiger charge is -1.05. The molecular formula is C6H14. The maximum atomic E-state index is 3.00. The van der Waals surface area contributed by atoms with Crippen molar-refractivity contribution in [1.82, 2.24) is 0 Å². The zero-order valence-electron chi connectivity index (χ0n) is 3.54. The van der Waals surface area contributed by atoms with Crippen LogP contribution in [0.2, 0.25) is 0 Å². The Morgan fingerprint density at radius 3 is 1.00 bits per heavy atom. The van der Waals surface area contributed by atoms with Crippen LogP contribution in [0.4, 0.5) is 0 Å². The first-order valence-corrected chi connectivity index (χ1v) is 2.00. The van der Waals surface area contributed by atoms with Crippen LogP contribution in [0.1, 0.15) is 26.7 Å². The van der Waals surface area contributed by atoms with E-state index in [0.29, 0.717) is 0 Å². The SMILES string of the molecule is C.C1CC1.C=C. The maximum absolute atomic E-state index is 3.00. The normalized spacial score (nSPS) is 12.7. The molecule has 0 heteroatoms. The van der Waals surface area contributed by atoms with E-state index in [1.54, 1.807) is 0 Å². The van der Waals surface area contributed by atoms with Gasteiger partial charge in [-0.2, -0.15) is 0 Å². The highest BCUT2D eigenvalue weighted by Crippen LogP contribution is 2.14. The van der Waals surface area contributed by atoms with E-state index in [0.717, 1.165) is 0 Å². The third-order valence-electron chi connectivity index (χ3n) is 0.354. The van der Waals surface area contributed by atoms with E-state index in [1.165, 1.54) is 19.3 Å². The van der Waals surface area contributed by atoms with Crippen LogP contribution in [-0.2, 0) is 0 Å². The van der Waals surface area contributed by atoms with Crippen LogP contribution < -0.4 is 0 Å². The number of hydrogen-bond donors (Lipinski definition) is 0. The molecule has 6 heavy (non-hydrogen) atoms. The van der Waals surface area contributed by atoms with Crippen molar-refractivity contribution in [1.29, 1.82) is 0 Å². The molecule has 0 aliphatic heterocycles. The summed E-state index contributed by atoms with van der Waals surface area (Å²) in [6.07, 6.45) is 4.50. The molecule has 1 saturated carbocycles. The summed E-state index contributed by atoms with van der Waals surface area (Å²) in [6.45, 7) is 6.00. The molecule has 0 amide bonds. The lowest BCUT2D eigenvalue weighted by atomic mass is 11.0. The van der Waals surface area contributed by atoms with Gasteiger partial charge < -0.3 is 0 Å². The summed E-state index contributed by atoms with van der Waals surface area (Å²) in [5.41, 5.74) is 0. The van der Waals surface area contributed by atoms with Crippen molar-refractivity contribution in [3.63, 3.8) is 0 Å². The Hall–Kier alpha value is -0.260. The predicted molar refractivity (Wildman–Crippen MR) is 31.8 cm³/mol. The van der Waals surface area contributed by atoms with Gasteiger partial charge in [0.2, 0.25) is 0 Å². The van der Waals surface area contributed by atoms with Crippen LogP contribution in [0, 0.1) is 0 Å². The van der Waals surface area contributed by atoms with E-state index < -0.39 is 0 Å². The number of rotatable bonds is 0. The van der Waals surface area contributed by atoms with Crippen LogP contribution in [0.5, 0.6) is 0 Å². The molecule has 0 nitrogen and oxygen atoms in total. The molecule has 1 aliphatic rings. The molecule has 0 unspecified atom stereocenters. The van der Waals surface area contributed by atoms with E-state index in [-0.39, 0.29) is 7.43 Å². The van der Waals surface area contributed by atoms with Crippen molar-refractivity contribution in [3.8, 4) is 0 Å². The highest BCUT2D eigenvalue weighted by Gasteiger charge is 1.95. The molecule has 0 spiro atoms. The first-order chi connectivity index (χ1) is 2.50. The Labute approximate surface area is 40.9 Å². The molecule has 0 aromatic heterocycles. The average molecular weight is 86.2 g/mol. The van der Waals surface area contributed by atoms with Crippen molar-refractivity contribution in [2.45, 2.75) is 26.7 Å². The minimum atomic E-state index is 0. The van der Waals surface area contributed by atoms with E-state index >= 15 is 0 Å². The van der Waals surface area contributed by atoms with Gasteiger partial charge in [-0.15, -0.1) is 13.2 Å². The molecule has 0 saturated heterocycles. The Balaban J connectivity index is 0. The van der Waals surface area contributed by atoms with Crippen LogP contribution in [0.3, 0.4) is 0 Å². The van der Waals surface area contributed by atoms with Gasteiger partial charge in [-0.3, -0.25) is 0 Å². The van der Waals surface area contributed by atoms with Gasteiger partial charge >= 0.3 is 0 Å². The summed E-state index contributed by atoms with van der Waals surface area (Å²) in [5, 5.41) is 0. The second-order valence-corrected chi connectivity index (χ2v) is 1.06. The molecule has 1 fully saturated rings. The van der Waals surface area contributed by atoms with Crippen molar-refractivity contribution in [2.24, 2.45) is 0 Å². The van der Waals surface area contributed by atoms with Gasteiger partial charge in [0.1, 0.15) is 0 Å². The fourth-order valence-electron chi connectivity index (χ4n) is 0. The summed E-state index contributed by atoms with van der Waals surface area (Å²) in [5.74, 6) is 0. The molecule has 0 N–H and O–H groups in total. The molecule has 0 radical (unpaired) electrons. The average Bonchev–Trinajstić information content (AvgIpc) is 2.19. The van der Waals surface area contributed by atoms with Gasteiger partial charge in [0, 0.05) is 0 Å². The summed E-state index contributed by atoms with van der Waals surface area (Å²) in [7, 11) is 0. The molecule has 0 bridgehead atoms. The van der Waals surface area contributed by atoms with Gasteiger partial charge in [0.05, 0.1) is 0 Å². The largest absolute Gasteiger partial charge is 0.106 e. The quantitative estimate of drug-likeness (QED) is 0.397. The minimum Gasteiger partial charge on any atom is -0.106 e. The Bertz CT molecular complexity index is 11.2. The van der Waals surface area contributed by atoms with E-state index in [2.05, 4.69) is 13.2 Å². The fraction of sp³-hybridized carbons (Fsp3) is 0.667. The highest BCUT2D eigenvalue weighted by atomic mass is 14.0. The van der Waals surface area contributed by atoms with Crippen LogP contribution >= 0.6 is 0 Å². The standard InChI is InChI=1S/C3H6.C2H4.CH4/c1-2-3-1;1-2;/h1-3H2;1-2H2;1H4. The smallest absolute Gasteiger partial charge is 0.0533 e. The molecule has 0 atom stereocenters. The Morgan fingerprint density at radius 1 is 0.833 bits per heavy atom. The zero-order valence-corrected chi connectivity index (χ0v) is 3.54. The molecular weight excluding hydrogens is 72.1 g/mol. The van der Waals surface area contributed by atoms with Crippen LogP contribution in [0.25, 0.3) is 0 Å². The maximum Gasteiger partial charge on any atom is -0.0533 e. The van der Waals surface area contributed by atoms with Gasteiger partial charge in [-0.1, -0.05) is 26.7 Å². The third-order valence-corrected chi connectivity index (χ3v) is 0.354. The Kier molecular flexibility index (Phi) is 13.6. The fourth-order valence-corrected chi connectivity index (χ4v) is 0.